The van der Waals surface area contributed by atoms with Gasteiger partial charge in [0.1, 0.15) is 16.8 Å². The second kappa shape index (κ2) is 5.93. The Morgan fingerprint density at radius 2 is 2.33 bits per heavy atom. The minimum atomic E-state index is 0.191. The van der Waals surface area contributed by atoms with Gasteiger partial charge in [-0.1, -0.05) is 17.7 Å². The molecule has 1 N–H and O–H groups in total. The molecule has 94 valence electrons. The van der Waals surface area contributed by atoms with Crippen LogP contribution in [0.3, 0.4) is 0 Å². The zero-order valence-corrected chi connectivity index (χ0v) is 11.4. The molecule has 2 aromatic heterocycles. The topological polar surface area (TPSA) is 54.9 Å². The molecule has 0 aliphatic rings. The fourth-order valence-electron chi connectivity index (χ4n) is 1.55. The fourth-order valence-corrected chi connectivity index (χ4v) is 2.51. The van der Waals surface area contributed by atoms with Crippen molar-refractivity contribution in [3.05, 3.63) is 38.9 Å². The van der Waals surface area contributed by atoms with Crippen molar-refractivity contribution in [3.63, 3.8) is 0 Å². The molecule has 4 nitrogen and oxygen atoms in total. The number of halogens is 1. The molecule has 0 bridgehead atoms. The summed E-state index contributed by atoms with van der Waals surface area (Å²) in [7, 11) is 0. The first-order chi connectivity index (χ1) is 8.70. The van der Waals surface area contributed by atoms with Gasteiger partial charge in [0.05, 0.1) is 5.56 Å². The van der Waals surface area contributed by atoms with E-state index in [1.165, 1.54) is 4.88 Å². The molecule has 0 aliphatic heterocycles. The second-order valence-electron chi connectivity index (χ2n) is 3.70. The number of hydrogen-bond donors (Lipinski definition) is 1. The van der Waals surface area contributed by atoms with Crippen LogP contribution in [0.15, 0.2) is 17.5 Å². The third kappa shape index (κ3) is 3.05. The maximum atomic E-state index is 10.9. The first-order valence-corrected chi connectivity index (χ1v) is 6.72. The zero-order chi connectivity index (χ0) is 13.0. The predicted octanol–water partition coefficient (Wildman–Crippen LogP) is 2.97. The van der Waals surface area contributed by atoms with Crippen LogP contribution in [0.25, 0.3) is 0 Å². The highest BCUT2D eigenvalue weighted by Crippen LogP contribution is 2.19. The van der Waals surface area contributed by atoms with Gasteiger partial charge < -0.3 is 5.32 Å². The fraction of sp³-hybridized carbons (Fsp3) is 0.250. The van der Waals surface area contributed by atoms with Gasteiger partial charge in [0, 0.05) is 11.4 Å². The molecule has 0 spiro atoms. The molecule has 0 saturated heterocycles. The van der Waals surface area contributed by atoms with Gasteiger partial charge in [-0.2, -0.15) is 0 Å². The van der Waals surface area contributed by atoms with Gasteiger partial charge in [0.2, 0.25) is 0 Å². The van der Waals surface area contributed by atoms with E-state index in [9.17, 15) is 4.79 Å². The van der Waals surface area contributed by atoms with Crippen LogP contribution in [-0.4, -0.2) is 22.8 Å². The summed E-state index contributed by atoms with van der Waals surface area (Å²) in [5, 5.41) is 5.35. The number of nitrogens with zero attached hydrogens (tertiary/aromatic N) is 2. The first kappa shape index (κ1) is 13.0. The highest BCUT2D eigenvalue weighted by molar-refractivity contribution is 7.09. The molecule has 0 aromatic carbocycles. The number of aromatic nitrogens is 2. The van der Waals surface area contributed by atoms with E-state index in [1.807, 2.05) is 11.4 Å². The molecule has 0 unspecified atom stereocenters. The monoisotopic (exact) mass is 281 g/mol. The van der Waals surface area contributed by atoms with Crippen molar-refractivity contribution in [2.75, 3.05) is 11.9 Å². The Bertz CT molecular complexity index is 543. The third-order valence-electron chi connectivity index (χ3n) is 2.37. The van der Waals surface area contributed by atoms with E-state index in [2.05, 4.69) is 21.4 Å². The summed E-state index contributed by atoms with van der Waals surface area (Å²) >= 11 is 7.60. The SMILES string of the molecule is Cc1nc(Cl)c(C=O)c(NCCc2cccs2)n1. The highest BCUT2D eigenvalue weighted by Gasteiger charge is 2.10. The van der Waals surface area contributed by atoms with Crippen LogP contribution >= 0.6 is 22.9 Å². The van der Waals surface area contributed by atoms with Crippen molar-refractivity contribution < 1.29 is 4.79 Å². The van der Waals surface area contributed by atoms with E-state index >= 15 is 0 Å². The quantitative estimate of drug-likeness (QED) is 0.676. The highest BCUT2D eigenvalue weighted by atomic mass is 35.5. The number of aldehydes is 1. The lowest BCUT2D eigenvalue weighted by molar-refractivity contribution is 0.112. The van der Waals surface area contributed by atoms with Gasteiger partial charge in [0.25, 0.3) is 0 Å². The Labute approximate surface area is 114 Å². The van der Waals surface area contributed by atoms with Crippen molar-refractivity contribution in [2.24, 2.45) is 0 Å². The maximum Gasteiger partial charge on any atom is 0.156 e. The van der Waals surface area contributed by atoms with Gasteiger partial charge in [-0.3, -0.25) is 4.79 Å². The molecule has 2 heterocycles. The smallest absolute Gasteiger partial charge is 0.156 e. The van der Waals surface area contributed by atoms with Gasteiger partial charge in [0.15, 0.2) is 6.29 Å². The lowest BCUT2D eigenvalue weighted by atomic mass is 10.3. The molecule has 2 aromatic rings. The standard InChI is InChI=1S/C12H12ClN3OS/c1-8-15-11(13)10(7-17)12(16-8)14-5-4-9-3-2-6-18-9/h2-3,6-7H,4-5H2,1H3,(H,14,15,16). The van der Waals surface area contributed by atoms with Crippen molar-refractivity contribution in [2.45, 2.75) is 13.3 Å². The summed E-state index contributed by atoms with van der Waals surface area (Å²) < 4.78 is 0. The number of rotatable bonds is 5. The molecule has 0 atom stereocenters. The lowest BCUT2D eigenvalue weighted by Gasteiger charge is -2.08. The summed E-state index contributed by atoms with van der Waals surface area (Å²) in [4.78, 5) is 20.4. The largest absolute Gasteiger partial charge is 0.369 e. The number of aryl methyl sites for hydroxylation is 1. The second-order valence-corrected chi connectivity index (χ2v) is 5.09. The molecule has 0 fully saturated rings. The molecule has 2 rings (SSSR count). The molecule has 0 radical (unpaired) electrons. The average Bonchev–Trinajstić information content (AvgIpc) is 2.81. The summed E-state index contributed by atoms with van der Waals surface area (Å²) in [6.45, 7) is 2.44. The van der Waals surface area contributed by atoms with Gasteiger partial charge in [-0.15, -0.1) is 11.3 Å². The maximum absolute atomic E-state index is 10.9. The Balaban J connectivity index is 2.06. The van der Waals surface area contributed by atoms with Gasteiger partial charge >= 0.3 is 0 Å². The van der Waals surface area contributed by atoms with Crippen LogP contribution in [0.5, 0.6) is 0 Å². The first-order valence-electron chi connectivity index (χ1n) is 5.46. The van der Waals surface area contributed by atoms with Crippen molar-refractivity contribution in [1.29, 1.82) is 0 Å². The molecule has 0 amide bonds. The van der Waals surface area contributed by atoms with Crippen LogP contribution in [0, 0.1) is 6.92 Å². The molecule has 0 aliphatic carbocycles. The summed E-state index contributed by atoms with van der Waals surface area (Å²) in [6, 6.07) is 4.09. The Kier molecular flexibility index (Phi) is 4.28. The van der Waals surface area contributed by atoms with E-state index in [0.717, 1.165) is 6.42 Å². The number of carbonyl (C=O) groups is 1. The van der Waals surface area contributed by atoms with Crippen molar-refractivity contribution in [1.82, 2.24) is 9.97 Å². The van der Waals surface area contributed by atoms with E-state index in [-0.39, 0.29) is 5.15 Å². The number of carbonyl (C=O) groups excluding carboxylic acids is 1. The number of nitrogens with one attached hydrogen (secondary N) is 1. The van der Waals surface area contributed by atoms with E-state index in [1.54, 1.807) is 18.3 Å². The summed E-state index contributed by atoms with van der Waals surface area (Å²) in [5.74, 6) is 1.04. The lowest BCUT2D eigenvalue weighted by Crippen LogP contribution is -2.10. The Hall–Kier alpha value is -1.46. The molecule has 0 saturated carbocycles. The minimum absolute atomic E-state index is 0.191. The summed E-state index contributed by atoms with van der Waals surface area (Å²) in [5.41, 5.74) is 0.313. The van der Waals surface area contributed by atoms with Crippen LogP contribution in [-0.2, 0) is 6.42 Å². The molecule has 6 heteroatoms. The van der Waals surface area contributed by atoms with Crippen molar-refractivity contribution >= 4 is 35.0 Å². The van der Waals surface area contributed by atoms with Gasteiger partial charge in [-0.25, -0.2) is 9.97 Å². The van der Waals surface area contributed by atoms with E-state index < -0.39 is 0 Å². The predicted molar refractivity (Wildman–Crippen MR) is 73.7 cm³/mol. The van der Waals surface area contributed by atoms with Crippen LogP contribution < -0.4 is 5.32 Å². The van der Waals surface area contributed by atoms with Crippen LogP contribution in [0.4, 0.5) is 5.82 Å². The average molecular weight is 282 g/mol. The molecular weight excluding hydrogens is 270 g/mol. The Morgan fingerprint density at radius 1 is 1.50 bits per heavy atom. The molecule has 18 heavy (non-hydrogen) atoms. The normalized spacial score (nSPS) is 10.3. The third-order valence-corrected chi connectivity index (χ3v) is 3.60. The minimum Gasteiger partial charge on any atom is -0.369 e. The zero-order valence-electron chi connectivity index (χ0n) is 9.81. The van der Waals surface area contributed by atoms with E-state index in [4.69, 9.17) is 11.6 Å². The molecular formula is C12H12ClN3OS. The number of anilines is 1. The van der Waals surface area contributed by atoms with Crippen molar-refractivity contribution in [3.8, 4) is 0 Å². The number of hydrogen-bond acceptors (Lipinski definition) is 5. The summed E-state index contributed by atoms with van der Waals surface area (Å²) in [6.07, 6.45) is 1.56. The van der Waals surface area contributed by atoms with Gasteiger partial charge in [-0.05, 0) is 24.8 Å². The van der Waals surface area contributed by atoms with E-state index in [0.29, 0.717) is 30.0 Å². The Morgan fingerprint density at radius 3 is 3.00 bits per heavy atom. The van der Waals surface area contributed by atoms with Crippen LogP contribution in [0.1, 0.15) is 21.1 Å². The number of thiophene rings is 1. The van der Waals surface area contributed by atoms with Crippen LogP contribution in [0.2, 0.25) is 5.15 Å².